The summed E-state index contributed by atoms with van der Waals surface area (Å²) in [5.41, 5.74) is 0.336. The van der Waals surface area contributed by atoms with E-state index < -0.39 is 11.4 Å². The molecule has 1 N–H and O–H groups in total. The average molecular weight is 315 g/mol. The van der Waals surface area contributed by atoms with E-state index in [4.69, 9.17) is 4.74 Å². The summed E-state index contributed by atoms with van der Waals surface area (Å²) >= 11 is 3.42. The van der Waals surface area contributed by atoms with Gasteiger partial charge in [0.15, 0.2) is 0 Å². The molecule has 0 unspecified atom stereocenters. The maximum absolute atomic E-state index is 11.5. The van der Waals surface area contributed by atoms with Crippen LogP contribution >= 0.6 is 15.9 Å². The predicted molar refractivity (Wildman–Crippen MR) is 75.0 cm³/mol. The number of aliphatic carboxylic acids is 1. The molecule has 0 heterocycles. The molecule has 0 aliphatic carbocycles. The molecule has 0 bridgehead atoms. The number of carbonyl (C=O) groups is 1. The van der Waals surface area contributed by atoms with E-state index in [1.165, 1.54) is 0 Å². The van der Waals surface area contributed by atoms with Gasteiger partial charge in [0.1, 0.15) is 5.75 Å². The molecule has 1 aromatic carbocycles. The van der Waals surface area contributed by atoms with Crippen LogP contribution in [0.4, 0.5) is 0 Å². The molecule has 0 saturated carbocycles. The third-order valence-electron chi connectivity index (χ3n) is 3.57. The minimum absolute atomic E-state index is 0.540. The normalized spacial score (nSPS) is 11.3. The molecule has 4 heteroatoms. The lowest BCUT2D eigenvalue weighted by molar-refractivity contribution is -0.149. The first-order valence-electron chi connectivity index (χ1n) is 6.05. The zero-order valence-corrected chi connectivity index (χ0v) is 12.6. The minimum atomic E-state index is -0.723. The summed E-state index contributed by atoms with van der Waals surface area (Å²) < 4.78 is 6.02. The molecule has 0 spiro atoms. The lowest BCUT2D eigenvalue weighted by Crippen LogP contribution is -2.32. The summed E-state index contributed by atoms with van der Waals surface area (Å²) in [6.07, 6.45) is 1.79. The van der Waals surface area contributed by atoms with Gasteiger partial charge in [-0.25, -0.2) is 0 Å². The first-order chi connectivity index (χ1) is 8.49. The van der Waals surface area contributed by atoms with Crippen molar-refractivity contribution in [3.8, 4) is 5.75 Å². The number of ether oxygens (including phenoxy) is 1. The molecule has 18 heavy (non-hydrogen) atoms. The number of hydrogen-bond donors (Lipinski definition) is 1. The largest absolute Gasteiger partial charge is 0.496 e. The third-order valence-corrected chi connectivity index (χ3v) is 4.19. The van der Waals surface area contributed by atoms with Crippen LogP contribution in [0.3, 0.4) is 0 Å². The highest BCUT2D eigenvalue weighted by atomic mass is 79.9. The van der Waals surface area contributed by atoms with Crippen LogP contribution in [-0.4, -0.2) is 18.2 Å². The van der Waals surface area contributed by atoms with Crippen molar-refractivity contribution in [3.05, 3.63) is 28.2 Å². The fourth-order valence-corrected chi connectivity index (χ4v) is 2.68. The number of carboxylic acid groups (broad SMARTS) is 1. The fourth-order valence-electron chi connectivity index (χ4n) is 2.09. The Morgan fingerprint density at radius 1 is 1.39 bits per heavy atom. The Balaban J connectivity index is 3.02. The van der Waals surface area contributed by atoms with E-state index in [1.54, 1.807) is 7.11 Å². The monoisotopic (exact) mass is 314 g/mol. The molecule has 0 atom stereocenters. The summed E-state index contributed by atoms with van der Waals surface area (Å²) in [6.45, 7) is 3.85. The first kappa shape index (κ1) is 15.0. The van der Waals surface area contributed by atoms with Crippen molar-refractivity contribution < 1.29 is 14.6 Å². The van der Waals surface area contributed by atoms with Gasteiger partial charge in [-0.2, -0.15) is 0 Å². The predicted octanol–water partition coefficient (Wildman–Crippen LogP) is 3.89. The molecule has 0 saturated heterocycles. The second kappa shape index (κ2) is 6.23. The van der Waals surface area contributed by atoms with Crippen LogP contribution in [0, 0.1) is 5.41 Å². The van der Waals surface area contributed by atoms with Crippen molar-refractivity contribution >= 4 is 21.9 Å². The van der Waals surface area contributed by atoms with E-state index in [2.05, 4.69) is 15.9 Å². The van der Waals surface area contributed by atoms with Crippen LogP contribution in [0.25, 0.3) is 0 Å². The highest BCUT2D eigenvalue weighted by Gasteiger charge is 2.34. The molecular weight excluding hydrogens is 296 g/mol. The SMILES string of the molecule is CCC(CC)(Cc1ccc(OC)c(Br)c1)C(=O)O. The molecule has 0 aliphatic heterocycles. The summed E-state index contributed by atoms with van der Waals surface area (Å²) in [5, 5.41) is 9.42. The highest BCUT2D eigenvalue weighted by Crippen LogP contribution is 2.34. The standard InChI is InChI=1S/C14H19BrO3/c1-4-14(5-2,13(16)17)9-10-6-7-12(18-3)11(15)8-10/h6-8H,4-5,9H2,1-3H3,(H,16,17). The van der Waals surface area contributed by atoms with Gasteiger partial charge >= 0.3 is 5.97 Å². The number of halogens is 1. The van der Waals surface area contributed by atoms with Gasteiger partial charge < -0.3 is 9.84 Å². The van der Waals surface area contributed by atoms with E-state index >= 15 is 0 Å². The summed E-state index contributed by atoms with van der Waals surface area (Å²) in [6, 6.07) is 5.71. The summed E-state index contributed by atoms with van der Waals surface area (Å²) in [4.78, 5) is 11.5. The van der Waals surface area contributed by atoms with Crippen molar-refractivity contribution in [1.82, 2.24) is 0 Å². The van der Waals surface area contributed by atoms with Gasteiger partial charge in [0, 0.05) is 0 Å². The van der Waals surface area contributed by atoms with Gasteiger partial charge in [-0.15, -0.1) is 0 Å². The van der Waals surface area contributed by atoms with Crippen molar-refractivity contribution in [2.24, 2.45) is 5.41 Å². The van der Waals surface area contributed by atoms with Crippen molar-refractivity contribution in [3.63, 3.8) is 0 Å². The molecule has 1 aromatic rings. The van der Waals surface area contributed by atoms with Crippen LogP contribution in [0.15, 0.2) is 22.7 Å². The molecule has 0 fully saturated rings. The Kier molecular flexibility index (Phi) is 5.20. The Hall–Kier alpha value is -1.03. The van der Waals surface area contributed by atoms with Crippen molar-refractivity contribution in [2.75, 3.05) is 7.11 Å². The quantitative estimate of drug-likeness (QED) is 0.866. The van der Waals surface area contributed by atoms with Gasteiger partial charge in [0.05, 0.1) is 17.0 Å². The Morgan fingerprint density at radius 2 is 2.00 bits per heavy atom. The number of rotatable bonds is 6. The van der Waals surface area contributed by atoms with Crippen LogP contribution in [-0.2, 0) is 11.2 Å². The topological polar surface area (TPSA) is 46.5 Å². The second-order valence-electron chi connectivity index (χ2n) is 4.44. The molecule has 0 aromatic heterocycles. The van der Waals surface area contributed by atoms with Gasteiger partial charge in [0.2, 0.25) is 0 Å². The van der Waals surface area contributed by atoms with Gasteiger partial charge in [0.25, 0.3) is 0 Å². The lowest BCUT2D eigenvalue weighted by Gasteiger charge is -2.26. The fraction of sp³-hybridized carbons (Fsp3) is 0.500. The van der Waals surface area contributed by atoms with E-state index in [1.807, 2.05) is 32.0 Å². The van der Waals surface area contributed by atoms with E-state index in [-0.39, 0.29) is 0 Å². The van der Waals surface area contributed by atoms with Gasteiger partial charge in [-0.05, 0) is 52.9 Å². The average Bonchev–Trinajstić information content (AvgIpc) is 2.36. The van der Waals surface area contributed by atoms with Crippen LogP contribution < -0.4 is 4.74 Å². The Bertz CT molecular complexity index is 425. The first-order valence-corrected chi connectivity index (χ1v) is 6.84. The van der Waals surface area contributed by atoms with Crippen molar-refractivity contribution in [2.45, 2.75) is 33.1 Å². The number of hydrogen-bond acceptors (Lipinski definition) is 2. The number of benzene rings is 1. The van der Waals surface area contributed by atoms with Gasteiger partial charge in [-0.1, -0.05) is 19.9 Å². The molecule has 100 valence electrons. The van der Waals surface area contributed by atoms with Crippen LogP contribution in [0.2, 0.25) is 0 Å². The molecule has 0 amide bonds. The zero-order chi connectivity index (χ0) is 13.8. The minimum Gasteiger partial charge on any atom is -0.496 e. The molecule has 3 nitrogen and oxygen atoms in total. The molecule has 0 radical (unpaired) electrons. The molecule has 1 rings (SSSR count). The summed E-state index contributed by atoms with van der Waals surface area (Å²) in [5.74, 6) is 0.0344. The van der Waals surface area contributed by atoms with E-state index in [9.17, 15) is 9.90 Å². The van der Waals surface area contributed by atoms with Crippen LogP contribution in [0.1, 0.15) is 32.3 Å². The lowest BCUT2D eigenvalue weighted by atomic mass is 9.77. The maximum Gasteiger partial charge on any atom is 0.309 e. The number of methoxy groups -OCH3 is 1. The maximum atomic E-state index is 11.5. The Labute approximate surface area is 116 Å². The van der Waals surface area contributed by atoms with Crippen molar-refractivity contribution in [1.29, 1.82) is 0 Å². The van der Waals surface area contributed by atoms with E-state index in [0.29, 0.717) is 19.3 Å². The smallest absolute Gasteiger partial charge is 0.309 e. The number of carboxylic acids is 1. The molecule has 0 aliphatic rings. The van der Waals surface area contributed by atoms with E-state index in [0.717, 1.165) is 15.8 Å². The Morgan fingerprint density at radius 3 is 2.39 bits per heavy atom. The third kappa shape index (κ3) is 3.05. The summed E-state index contributed by atoms with van der Waals surface area (Å²) in [7, 11) is 1.61. The van der Waals surface area contributed by atoms with Gasteiger partial charge in [-0.3, -0.25) is 4.79 Å². The highest BCUT2D eigenvalue weighted by molar-refractivity contribution is 9.10. The zero-order valence-electron chi connectivity index (χ0n) is 11.0. The molecular formula is C14H19BrO3. The second-order valence-corrected chi connectivity index (χ2v) is 5.29. The van der Waals surface area contributed by atoms with Crippen LogP contribution in [0.5, 0.6) is 5.75 Å².